The highest BCUT2D eigenvalue weighted by Crippen LogP contribution is 2.25. The molecule has 0 fully saturated rings. The lowest BCUT2D eigenvalue weighted by atomic mass is 10.1. The third-order valence-corrected chi connectivity index (χ3v) is 4.01. The summed E-state index contributed by atoms with van der Waals surface area (Å²) in [5.41, 5.74) is 1.41. The van der Waals surface area contributed by atoms with E-state index in [1.807, 2.05) is 12.1 Å². The van der Waals surface area contributed by atoms with Crippen molar-refractivity contribution in [1.29, 1.82) is 0 Å². The number of nitrogens with one attached hydrogen (secondary N) is 1. The number of rotatable bonds is 5. The number of anilines is 1. The lowest BCUT2D eigenvalue weighted by molar-refractivity contribution is 0.104. The van der Waals surface area contributed by atoms with Gasteiger partial charge in [0.05, 0.1) is 12.1 Å². The van der Waals surface area contributed by atoms with Crippen LogP contribution in [0, 0.1) is 0 Å². The number of benzene rings is 2. The van der Waals surface area contributed by atoms with Gasteiger partial charge in [0.1, 0.15) is 5.75 Å². The predicted molar refractivity (Wildman–Crippen MR) is 89.2 cm³/mol. The van der Waals surface area contributed by atoms with E-state index in [0.717, 1.165) is 15.9 Å². The largest absolute Gasteiger partial charge is 0.497 e. The van der Waals surface area contributed by atoms with Gasteiger partial charge >= 0.3 is 0 Å². The number of methoxy groups -OCH3 is 1. The van der Waals surface area contributed by atoms with E-state index in [2.05, 4.69) is 21.2 Å². The molecule has 2 aromatic rings. The van der Waals surface area contributed by atoms with Gasteiger partial charge in [0.2, 0.25) is 0 Å². The number of ether oxygens (including phenoxy) is 1. The Morgan fingerprint density at radius 2 is 1.95 bits per heavy atom. The zero-order chi connectivity index (χ0) is 15.2. The van der Waals surface area contributed by atoms with Gasteiger partial charge in [0.25, 0.3) is 0 Å². The standard InChI is InChI=1S/C16H13BrClNO2/c1-21-13-5-2-11(3-6-13)16(20)8-9-19-12-4-7-14(17)15(18)10-12/h2-10,19H,1H3. The zero-order valence-electron chi connectivity index (χ0n) is 11.3. The number of hydrogen-bond donors (Lipinski definition) is 1. The molecular weight excluding hydrogens is 354 g/mol. The number of carbonyl (C=O) groups excluding carboxylic acids is 1. The van der Waals surface area contributed by atoms with Crippen molar-refractivity contribution in [1.82, 2.24) is 0 Å². The van der Waals surface area contributed by atoms with Crippen LogP contribution in [-0.2, 0) is 0 Å². The van der Waals surface area contributed by atoms with E-state index in [0.29, 0.717) is 10.6 Å². The average Bonchev–Trinajstić information content (AvgIpc) is 2.51. The van der Waals surface area contributed by atoms with E-state index < -0.39 is 0 Å². The molecule has 21 heavy (non-hydrogen) atoms. The van der Waals surface area contributed by atoms with Crippen LogP contribution in [0.4, 0.5) is 5.69 Å². The highest BCUT2D eigenvalue weighted by Gasteiger charge is 2.02. The van der Waals surface area contributed by atoms with Crippen LogP contribution in [0.5, 0.6) is 5.75 Å². The van der Waals surface area contributed by atoms with Crippen molar-refractivity contribution < 1.29 is 9.53 Å². The summed E-state index contributed by atoms with van der Waals surface area (Å²) < 4.78 is 5.88. The summed E-state index contributed by atoms with van der Waals surface area (Å²) in [5, 5.41) is 3.61. The molecule has 0 aliphatic rings. The van der Waals surface area contributed by atoms with Crippen LogP contribution in [0.25, 0.3) is 0 Å². The average molecular weight is 367 g/mol. The molecule has 0 radical (unpaired) electrons. The van der Waals surface area contributed by atoms with Gasteiger partial charge in [-0.05, 0) is 58.4 Å². The van der Waals surface area contributed by atoms with Crippen molar-refractivity contribution in [3.05, 3.63) is 69.8 Å². The first-order chi connectivity index (χ1) is 10.1. The van der Waals surface area contributed by atoms with Gasteiger partial charge in [0.15, 0.2) is 5.78 Å². The number of allylic oxidation sites excluding steroid dienone is 1. The Balaban J connectivity index is 1.99. The van der Waals surface area contributed by atoms with E-state index in [9.17, 15) is 4.79 Å². The van der Waals surface area contributed by atoms with E-state index in [1.165, 1.54) is 6.08 Å². The second-order valence-electron chi connectivity index (χ2n) is 4.20. The highest BCUT2D eigenvalue weighted by molar-refractivity contribution is 9.10. The number of ketones is 1. The molecule has 3 nitrogen and oxygen atoms in total. The smallest absolute Gasteiger partial charge is 0.187 e. The quantitative estimate of drug-likeness (QED) is 0.603. The van der Waals surface area contributed by atoms with Crippen LogP contribution in [-0.4, -0.2) is 12.9 Å². The third-order valence-electron chi connectivity index (χ3n) is 2.78. The van der Waals surface area contributed by atoms with E-state index in [4.69, 9.17) is 16.3 Å². The first-order valence-electron chi connectivity index (χ1n) is 6.16. The van der Waals surface area contributed by atoms with Crippen molar-refractivity contribution in [2.75, 3.05) is 12.4 Å². The van der Waals surface area contributed by atoms with Gasteiger partial charge in [0, 0.05) is 28.0 Å². The molecule has 0 aliphatic heterocycles. The molecule has 0 bridgehead atoms. The van der Waals surface area contributed by atoms with Gasteiger partial charge in [-0.3, -0.25) is 4.79 Å². The van der Waals surface area contributed by atoms with Gasteiger partial charge in [-0.1, -0.05) is 11.6 Å². The first-order valence-corrected chi connectivity index (χ1v) is 7.34. The maximum Gasteiger partial charge on any atom is 0.187 e. The number of hydrogen-bond acceptors (Lipinski definition) is 3. The molecule has 0 aliphatic carbocycles. The number of carbonyl (C=O) groups is 1. The fraction of sp³-hybridized carbons (Fsp3) is 0.0625. The molecule has 0 unspecified atom stereocenters. The van der Waals surface area contributed by atoms with Crippen molar-refractivity contribution in [2.45, 2.75) is 0 Å². The van der Waals surface area contributed by atoms with Crippen LogP contribution < -0.4 is 10.1 Å². The molecule has 0 atom stereocenters. The topological polar surface area (TPSA) is 38.3 Å². The predicted octanol–water partition coefficient (Wildman–Crippen LogP) is 4.92. The molecule has 1 N–H and O–H groups in total. The normalized spacial score (nSPS) is 10.6. The Morgan fingerprint density at radius 3 is 2.57 bits per heavy atom. The summed E-state index contributed by atoms with van der Waals surface area (Å²) in [6, 6.07) is 12.4. The molecule has 0 amide bonds. The van der Waals surface area contributed by atoms with Crippen LogP contribution in [0.1, 0.15) is 10.4 Å². The molecule has 0 saturated heterocycles. The van der Waals surface area contributed by atoms with E-state index >= 15 is 0 Å². The molecule has 108 valence electrons. The van der Waals surface area contributed by atoms with Gasteiger partial charge in [-0.25, -0.2) is 0 Å². The van der Waals surface area contributed by atoms with Crippen molar-refractivity contribution in [3.63, 3.8) is 0 Å². The summed E-state index contributed by atoms with van der Waals surface area (Å²) in [7, 11) is 1.59. The Kier molecular flexibility index (Phi) is 5.42. The van der Waals surface area contributed by atoms with Gasteiger partial charge in [-0.2, -0.15) is 0 Å². The van der Waals surface area contributed by atoms with Crippen molar-refractivity contribution >= 4 is 39.0 Å². The first kappa shape index (κ1) is 15.6. The minimum absolute atomic E-state index is 0.0895. The summed E-state index contributed by atoms with van der Waals surface area (Å²) >= 11 is 9.31. The molecule has 5 heteroatoms. The second kappa shape index (κ2) is 7.29. The molecule has 2 aromatic carbocycles. The molecule has 2 rings (SSSR count). The van der Waals surface area contributed by atoms with Crippen LogP contribution in [0.3, 0.4) is 0 Å². The Labute approximate surface area is 136 Å². The van der Waals surface area contributed by atoms with Crippen LogP contribution in [0.15, 0.2) is 59.2 Å². The van der Waals surface area contributed by atoms with E-state index in [-0.39, 0.29) is 5.78 Å². The second-order valence-corrected chi connectivity index (χ2v) is 5.46. The molecule has 0 saturated carbocycles. The van der Waals surface area contributed by atoms with Gasteiger partial charge in [-0.15, -0.1) is 0 Å². The van der Waals surface area contributed by atoms with Gasteiger partial charge < -0.3 is 10.1 Å². The maximum atomic E-state index is 12.0. The monoisotopic (exact) mass is 365 g/mol. The minimum Gasteiger partial charge on any atom is -0.497 e. The van der Waals surface area contributed by atoms with E-state index in [1.54, 1.807) is 43.6 Å². The highest BCUT2D eigenvalue weighted by atomic mass is 79.9. The van der Waals surface area contributed by atoms with Crippen molar-refractivity contribution in [2.24, 2.45) is 0 Å². The molecule has 0 heterocycles. The zero-order valence-corrected chi connectivity index (χ0v) is 13.6. The minimum atomic E-state index is -0.0895. The summed E-state index contributed by atoms with van der Waals surface area (Å²) in [6.07, 6.45) is 3.06. The van der Waals surface area contributed by atoms with Crippen molar-refractivity contribution in [3.8, 4) is 5.75 Å². The lowest BCUT2D eigenvalue weighted by Crippen LogP contribution is -1.96. The summed E-state index contributed by atoms with van der Waals surface area (Å²) in [5.74, 6) is 0.631. The molecular formula is C16H13BrClNO2. The lowest BCUT2D eigenvalue weighted by Gasteiger charge is -2.03. The van der Waals surface area contributed by atoms with Crippen LogP contribution >= 0.6 is 27.5 Å². The SMILES string of the molecule is COc1ccc(C(=O)C=CNc2ccc(Br)c(Cl)c2)cc1. The molecule has 0 spiro atoms. The maximum absolute atomic E-state index is 12.0. The summed E-state index contributed by atoms with van der Waals surface area (Å²) in [6.45, 7) is 0. The van der Waals surface area contributed by atoms with Crippen LogP contribution in [0.2, 0.25) is 5.02 Å². The Bertz CT molecular complexity index is 668. The third kappa shape index (κ3) is 4.34. The molecule has 0 aromatic heterocycles. The Morgan fingerprint density at radius 1 is 1.24 bits per heavy atom. The fourth-order valence-electron chi connectivity index (χ4n) is 1.65. The Hall–Kier alpha value is -1.78. The fourth-order valence-corrected chi connectivity index (χ4v) is 2.08. The summed E-state index contributed by atoms with van der Waals surface area (Å²) in [4.78, 5) is 12.0. The number of halogens is 2.